The number of nitro benzene ring substituents is 1. The fraction of sp³-hybridized carbons (Fsp3) is 0.412. The maximum absolute atomic E-state index is 12.7. The van der Waals surface area contributed by atoms with Gasteiger partial charge in [-0.3, -0.25) is 19.2 Å². The predicted octanol–water partition coefficient (Wildman–Crippen LogP) is 1.97. The molecule has 1 aliphatic heterocycles. The van der Waals surface area contributed by atoms with Crippen molar-refractivity contribution in [2.24, 2.45) is 0 Å². The minimum atomic E-state index is -3.72. The Morgan fingerprint density at radius 1 is 1.40 bits per heavy atom. The zero-order valence-electron chi connectivity index (χ0n) is 15.8. The Balaban J connectivity index is 1.71. The Kier molecular flexibility index (Phi) is 6.65. The van der Waals surface area contributed by atoms with E-state index in [-0.39, 0.29) is 31.9 Å². The second-order valence-electron chi connectivity index (χ2n) is 6.64. The average molecular weight is 457 g/mol. The van der Waals surface area contributed by atoms with E-state index >= 15 is 0 Å². The van der Waals surface area contributed by atoms with Crippen molar-refractivity contribution in [3.63, 3.8) is 0 Å². The number of rotatable bonds is 7. The van der Waals surface area contributed by atoms with Gasteiger partial charge in [-0.25, -0.2) is 9.78 Å². The molecule has 1 aromatic carbocycles. The van der Waals surface area contributed by atoms with Gasteiger partial charge in [-0.05, 0) is 17.7 Å². The van der Waals surface area contributed by atoms with Crippen LogP contribution in [0.1, 0.15) is 28.7 Å². The number of benzene rings is 1. The molecule has 1 aliphatic rings. The number of likely N-dealkylation sites (tertiary alicyclic amines) is 1. The lowest BCUT2D eigenvalue weighted by atomic mass is 10.2. The molecule has 2 heterocycles. The maximum Gasteiger partial charge on any atom is 0.410 e. The molecule has 1 amide bonds. The molecule has 13 heteroatoms. The van der Waals surface area contributed by atoms with Gasteiger partial charge in [-0.15, -0.1) is 11.3 Å². The Bertz CT molecular complexity index is 1020. The van der Waals surface area contributed by atoms with Crippen LogP contribution in [0, 0.1) is 10.1 Å². The number of carbonyl (C=O) groups excluding carboxylic acids is 1. The third kappa shape index (κ3) is 5.50. The number of nitrogens with zero attached hydrogens (tertiary/aromatic N) is 3. The van der Waals surface area contributed by atoms with Gasteiger partial charge in [0.05, 0.1) is 42.2 Å². The van der Waals surface area contributed by atoms with Crippen molar-refractivity contribution in [1.29, 1.82) is 0 Å². The van der Waals surface area contributed by atoms with Gasteiger partial charge in [0, 0.05) is 23.9 Å². The summed E-state index contributed by atoms with van der Waals surface area (Å²) in [5.74, 6) is 0. The van der Waals surface area contributed by atoms with Crippen molar-refractivity contribution in [2.45, 2.75) is 31.8 Å². The Morgan fingerprint density at radius 2 is 2.10 bits per heavy atom. The molecule has 0 bridgehead atoms. The van der Waals surface area contributed by atoms with E-state index in [9.17, 15) is 28.4 Å². The first-order valence-electron chi connectivity index (χ1n) is 8.76. The summed E-state index contributed by atoms with van der Waals surface area (Å²) in [4.78, 5) is 28.5. The molecule has 2 aromatic rings. The number of thiazole rings is 1. The van der Waals surface area contributed by atoms with Crippen LogP contribution in [0.3, 0.4) is 0 Å². The van der Waals surface area contributed by atoms with E-state index in [4.69, 9.17) is 8.92 Å². The fourth-order valence-electron chi connectivity index (χ4n) is 3.04. The molecule has 1 saturated heterocycles. The van der Waals surface area contributed by atoms with Crippen LogP contribution in [-0.4, -0.2) is 53.3 Å². The Morgan fingerprint density at radius 3 is 2.67 bits per heavy atom. The quantitative estimate of drug-likeness (QED) is 0.374. The first-order valence-corrected chi connectivity index (χ1v) is 11.5. The van der Waals surface area contributed by atoms with Crippen LogP contribution in [0.15, 0.2) is 29.6 Å². The number of aromatic nitrogens is 1. The maximum atomic E-state index is 12.7. The number of ether oxygens (including phenoxy) is 1. The molecular formula is C17H19N3O8S2. The number of aliphatic hydroxyl groups is 1. The SMILES string of the molecule is CS(=O)(=O)O[C@@H]1C[C@@H](c2nc(CO)cs2)N(C(=O)OCc2ccc([N+](=O)[O-])cc2)C1. The van der Waals surface area contributed by atoms with Gasteiger partial charge in [-0.2, -0.15) is 8.42 Å². The number of hydrogen-bond acceptors (Lipinski definition) is 10. The van der Waals surface area contributed by atoms with Gasteiger partial charge >= 0.3 is 6.09 Å². The summed E-state index contributed by atoms with van der Waals surface area (Å²) in [5, 5.41) is 22.1. The minimum absolute atomic E-state index is 0.00906. The summed E-state index contributed by atoms with van der Waals surface area (Å²) in [6.45, 7) is -0.376. The molecular weight excluding hydrogens is 438 g/mol. The molecule has 1 aromatic heterocycles. The van der Waals surface area contributed by atoms with Gasteiger partial charge < -0.3 is 9.84 Å². The lowest BCUT2D eigenvalue weighted by molar-refractivity contribution is -0.384. The summed E-state index contributed by atoms with van der Waals surface area (Å²) in [7, 11) is -3.72. The molecule has 1 fully saturated rings. The Hall–Kier alpha value is -2.61. The third-order valence-electron chi connectivity index (χ3n) is 4.33. The highest BCUT2D eigenvalue weighted by atomic mass is 32.2. The summed E-state index contributed by atoms with van der Waals surface area (Å²) in [5.41, 5.74) is 0.932. The van der Waals surface area contributed by atoms with Crippen molar-refractivity contribution in [2.75, 3.05) is 12.8 Å². The fourth-order valence-corrected chi connectivity index (χ4v) is 4.61. The lowest BCUT2D eigenvalue weighted by Crippen LogP contribution is -2.33. The van der Waals surface area contributed by atoms with Gasteiger partial charge in [0.1, 0.15) is 11.6 Å². The second kappa shape index (κ2) is 9.04. The largest absolute Gasteiger partial charge is 0.445 e. The van der Waals surface area contributed by atoms with Gasteiger partial charge in [0.2, 0.25) is 0 Å². The third-order valence-corrected chi connectivity index (χ3v) is 5.95. The van der Waals surface area contributed by atoms with Crippen molar-refractivity contribution in [3.05, 3.63) is 56.0 Å². The van der Waals surface area contributed by atoms with Crippen LogP contribution >= 0.6 is 11.3 Å². The highest BCUT2D eigenvalue weighted by molar-refractivity contribution is 7.86. The van der Waals surface area contributed by atoms with Crippen molar-refractivity contribution in [3.8, 4) is 0 Å². The standard InChI is InChI=1S/C17H19N3O8S2/c1-30(25,26)28-14-6-15(16-18-12(8-21)10-29-16)19(7-14)17(22)27-9-11-2-4-13(5-3-11)20(23)24/h2-5,10,14-15,21H,6-9H2,1H3/t14-,15+/m1/s1. The molecule has 0 saturated carbocycles. The summed E-state index contributed by atoms with van der Waals surface area (Å²) in [6, 6.07) is 5.02. The second-order valence-corrected chi connectivity index (χ2v) is 9.13. The van der Waals surface area contributed by atoms with Crippen molar-refractivity contribution in [1.82, 2.24) is 9.88 Å². The van der Waals surface area contributed by atoms with E-state index in [2.05, 4.69) is 4.98 Å². The zero-order chi connectivity index (χ0) is 21.9. The molecule has 162 valence electrons. The Labute approximate surface area is 176 Å². The van der Waals surface area contributed by atoms with E-state index < -0.39 is 33.3 Å². The number of non-ortho nitro benzene ring substituents is 1. The first-order chi connectivity index (χ1) is 14.2. The molecule has 3 rings (SSSR count). The normalized spacial score (nSPS) is 19.1. The molecule has 11 nitrogen and oxygen atoms in total. The van der Waals surface area contributed by atoms with E-state index in [1.54, 1.807) is 5.38 Å². The number of nitro groups is 1. The van der Waals surface area contributed by atoms with Crippen LogP contribution < -0.4 is 0 Å². The topological polar surface area (TPSA) is 149 Å². The molecule has 2 atom stereocenters. The molecule has 1 N–H and O–H groups in total. The molecule has 0 aliphatic carbocycles. The van der Waals surface area contributed by atoms with Crippen LogP contribution in [0.25, 0.3) is 0 Å². The summed E-state index contributed by atoms with van der Waals surface area (Å²) in [6.07, 6.45) is -0.305. The van der Waals surface area contributed by atoms with Gasteiger partial charge in [0.25, 0.3) is 15.8 Å². The summed E-state index contributed by atoms with van der Waals surface area (Å²) < 4.78 is 33.3. The number of carbonyl (C=O) groups is 1. The van der Waals surface area contributed by atoms with E-state index in [1.165, 1.54) is 40.5 Å². The highest BCUT2D eigenvalue weighted by Gasteiger charge is 2.40. The van der Waals surface area contributed by atoms with E-state index in [0.29, 0.717) is 16.3 Å². The smallest absolute Gasteiger partial charge is 0.410 e. The van der Waals surface area contributed by atoms with Crippen LogP contribution in [0.4, 0.5) is 10.5 Å². The van der Waals surface area contributed by atoms with E-state index in [1.807, 2.05) is 0 Å². The summed E-state index contributed by atoms with van der Waals surface area (Å²) >= 11 is 1.24. The molecule has 0 unspecified atom stereocenters. The van der Waals surface area contributed by atoms with E-state index in [0.717, 1.165) is 6.26 Å². The predicted molar refractivity (Wildman–Crippen MR) is 105 cm³/mol. The lowest BCUT2D eigenvalue weighted by Gasteiger charge is -2.22. The molecule has 0 spiro atoms. The zero-order valence-corrected chi connectivity index (χ0v) is 17.5. The number of amides is 1. The van der Waals surface area contributed by atoms with Crippen LogP contribution in [0.2, 0.25) is 0 Å². The average Bonchev–Trinajstić information content (AvgIpc) is 3.31. The number of aliphatic hydroxyl groups excluding tert-OH is 1. The molecule has 30 heavy (non-hydrogen) atoms. The van der Waals surface area contributed by atoms with Crippen LogP contribution in [0.5, 0.6) is 0 Å². The molecule has 0 radical (unpaired) electrons. The van der Waals surface area contributed by atoms with Crippen molar-refractivity contribution >= 4 is 33.2 Å². The number of hydrogen-bond donors (Lipinski definition) is 1. The van der Waals surface area contributed by atoms with Crippen LogP contribution in [-0.2, 0) is 32.3 Å². The monoisotopic (exact) mass is 457 g/mol. The van der Waals surface area contributed by atoms with Gasteiger partial charge in [-0.1, -0.05) is 0 Å². The highest BCUT2D eigenvalue weighted by Crippen LogP contribution is 2.36. The first kappa shape index (κ1) is 22.1. The van der Waals surface area contributed by atoms with Crippen molar-refractivity contribution < 1.29 is 32.2 Å². The minimum Gasteiger partial charge on any atom is -0.445 e. The van der Waals surface area contributed by atoms with Gasteiger partial charge in [0.15, 0.2) is 0 Å².